The van der Waals surface area contributed by atoms with Gasteiger partial charge in [-0.05, 0) is 50.6 Å². The molecule has 0 aliphatic rings. The zero-order valence-corrected chi connectivity index (χ0v) is 14.8. The van der Waals surface area contributed by atoms with Gasteiger partial charge in [0.15, 0.2) is 0 Å². The lowest BCUT2D eigenvalue weighted by molar-refractivity contribution is -0.120. The van der Waals surface area contributed by atoms with E-state index in [1.807, 2.05) is 38.1 Å². The van der Waals surface area contributed by atoms with Crippen molar-refractivity contribution in [2.24, 2.45) is 0 Å². The van der Waals surface area contributed by atoms with Gasteiger partial charge in [-0.15, -0.1) is 11.8 Å². The number of rotatable bonds is 6. The first-order chi connectivity index (χ1) is 11.0. The van der Waals surface area contributed by atoms with E-state index in [1.165, 1.54) is 5.56 Å². The molecular weight excluding hydrogens is 306 g/mol. The minimum atomic E-state index is -0.156. The van der Waals surface area contributed by atoms with Gasteiger partial charge in [0, 0.05) is 4.90 Å². The van der Waals surface area contributed by atoms with E-state index >= 15 is 0 Å². The predicted molar refractivity (Wildman–Crippen MR) is 96.0 cm³/mol. The minimum Gasteiger partial charge on any atom is -0.497 e. The Morgan fingerprint density at radius 1 is 1.04 bits per heavy atom. The number of thioether (sulfide) groups is 1. The predicted octanol–water partition coefficient (Wildman–Crippen LogP) is 4.36. The zero-order chi connectivity index (χ0) is 16.8. The molecule has 2 aromatic carbocycles. The lowest BCUT2D eigenvalue weighted by Crippen LogP contribution is -2.33. The maximum Gasteiger partial charge on any atom is 0.233 e. The molecule has 0 saturated carbocycles. The summed E-state index contributed by atoms with van der Waals surface area (Å²) in [6.07, 6.45) is 0. The summed E-state index contributed by atoms with van der Waals surface area (Å²) >= 11 is 1.54. The molecule has 0 fully saturated rings. The molecule has 2 atom stereocenters. The summed E-state index contributed by atoms with van der Waals surface area (Å²) in [6.45, 7) is 5.99. The summed E-state index contributed by atoms with van der Waals surface area (Å²) in [5, 5.41) is 2.92. The fourth-order valence-electron chi connectivity index (χ4n) is 2.18. The van der Waals surface area contributed by atoms with E-state index in [0.29, 0.717) is 0 Å². The van der Waals surface area contributed by atoms with E-state index in [9.17, 15) is 4.79 Å². The number of ether oxygens (including phenoxy) is 1. The second-order valence-electron chi connectivity index (χ2n) is 5.58. The van der Waals surface area contributed by atoms with E-state index in [2.05, 4.69) is 36.5 Å². The molecule has 1 N–H and O–H groups in total. The fraction of sp³-hybridized carbons (Fsp3) is 0.316. The molecule has 23 heavy (non-hydrogen) atoms. The summed E-state index contributed by atoms with van der Waals surface area (Å²) in [6, 6.07) is 16.0. The maximum absolute atomic E-state index is 12.4. The molecule has 0 aliphatic carbocycles. The van der Waals surface area contributed by atoms with Crippen molar-refractivity contribution in [2.75, 3.05) is 7.11 Å². The van der Waals surface area contributed by atoms with Crippen LogP contribution in [0.4, 0.5) is 0 Å². The van der Waals surface area contributed by atoms with E-state index in [-0.39, 0.29) is 17.2 Å². The summed E-state index contributed by atoms with van der Waals surface area (Å²) in [4.78, 5) is 13.4. The number of nitrogens with one attached hydrogen (secondary N) is 1. The largest absolute Gasteiger partial charge is 0.497 e. The molecule has 4 heteroatoms. The van der Waals surface area contributed by atoms with E-state index < -0.39 is 0 Å². The molecule has 0 aromatic heterocycles. The first kappa shape index (κ1) is 17.4. The van der Waals surface area contributed by atoms with Crippen molar-refractivity contribution in [1.82, 2.24) is 5.32 Å². The number of hydrogen-bond donors (Lipinski definition) is 1. The topological polar surface area (TPSA) is 38.3 Å². The van der Waals surface area contributed by atoms with Crippen molar-refractivity contribution < 1.29 is 9.53 Å². The number of hydrogen-bond acceptors (Lipinski definition) is 3. The van der Waals surface area contributed by atoms with Gasteiger partial charge < -0.3 is 10.1 Å². The average Bonchev–Trinajstić information content (AvgIpc) is 2.56. The van der Waals surface area contributed by atoms with Crippen LogP contribution in [-0.2, 0) is 4.79 Å². The van der Waals surface area contributed by atoms with Crippen LogP contribution >= 0.6 is 11.8 Å². The SMILES string of the molecule is COc1ccc(SC(C)C(=O)NC(C)c2ccc(C)cc2)cc1. The number of aryl methyl sites for hydroxylation is 1. The minimum absolute atomic E-state index is 0.00187. The summed E-state index contributed by atoms with van der Waals surface area (Å²) < 4.78 is 5.14. The Kier molecular flexibility index (Phi) is 6.11. The standard InChI is InChI=1S/C19H23NO2S/c1-13-5-7-16(8-6-13)14(2)20-19(21)15(3)23-18-11-9-17(22-4)10-12-18/h5-12,14-15H,1-4H3,(H,20,21). The summed E-state index contributed by atoms with van der Waals surface area (Å²) in [5.74, 6) is 0.860. The van der Waals surface area contributed by atoms with Crippen molar-refractivity contribution in [3.63, 3.8) is 0 Å². The molecule has 0 spiro atoms. The van der Waals surface area contributed by atoms with E-state index in [1.54, 1.807) is 18.9 Å². The number of carbonyl (C=O) groups is 1. The van der Waals surface area contributed by atoms with Crippen LogP contribution in [0.25, 0.3) is 0 Å². The lowest BCUT2D eigenvalue weighted by Gasteiger charge is -2.18. The lowest BCUT2D eigenvalue weighted by atomic mass is 10.1. The molecule has 0 saturated heterocycles. The highest BCUT2D eigenvalue weighted by Gasteiger charge is 2.17. The smallest absolute Gasteiger partial charge is 0.233 e. The third kappa shape index (κ3) is 5.03. The van der Waals surface area contributed by atoms with Crippen LogP contribution in [0.1, 0.15) is 31.0 Å². The van der Waals surface area contributed by atoms with Gasteiger partial charge >= 0.3 is 0 Å². The van der Waals surface area contributed by atoms with Crippen molar-refractivity contribution in [1.29, 1.82) is 0 Å². The van der Waals surface area contributed by atoms with Gasteiger partial charge in [-0.2, -0.15) is 0 Å². The van der Waals surface area contributed by atoms with Gasteiger partial charge in [-0.3, -0.25) is 4.79 Å². The molecule has 2 unspecified atom stereocenters. The molecule has 0 aliphatic heterocycles. The molecular formula is C19H23NO2S. The Hall–Kier alpha value is -1.94. The van der Waals surface area contributed by atoms with Crippen molar-refractivity contribution >= 4 is 17.7 Å². The second kappa shape index (κ2) is 8.06. The first-order valence-electron chi connectivity index (χ1n) is 7.67. The first-order valence-corrected chi connectivity index (χ1v) is 8.55. The van der Waals surface area contributed by atoms with Crippen LogP contribution in [-0.4, -0.2) is 18.3 Å². The van der Waals surface area contributed by atoms with E-state index in [4.69, 9.17) is 4.74 Å². The van der Waals surface area contributed by atoms with Gasteiger partial charge in [0.1, 0.15) is 5.75 Å². The van der Waals surface area contributed by atoms with Crippen molar-refractivity contribution in [3.05, 3.63) is 59.7 Å². The average molecular weight is 329 g/mol. The molecule has 0 heterocycles. The number of carbonyl (C=O) groups excluding carboxylic acids is 1. The number of benzene rings is 2. The van der Waals surface area contributed by atoms with E-state index in [0.717, 1.165) is 16.2 Å². The molecule has 2 aromatic rings. The Bertz CT molecular complexity index is 637. The summed E-state index contributed by atoms with van der Waals surface area (Å²) in [5.41, 5.74) is 2.33. The van der Waals surface area contributed by atoms with Gasteiger partial charge in [0.05, 0.1) is 18.4 Å². The van der Waals surface area contributed by atoms with Crippen LogP contribution in [0, 0.1) is 6.92 Å². The van der Waals surface area contributed by atoms with Crippen LogP contribution in [0.15, 0.2) is 53.4 Å². The zero-order valence-electron chi connectivity index (χ0n) is 14.0. The van der Waals surface area contributed by atoms with Crippen LogP contribution in [0.2, 0.25) is 0 Å². The van der Waals surface area contributed by atoms with Gasteiger partial charge in [-0.1, -0.05) is 29.8 Å². The Labute approximate surface area is 142 Å². The monoisotopic (exact) mass is 329 g/mol. The van der Waals surface area contributed by atoms with Crippen LogP contribution < -0.4 is 10.1 Å². The van der Waals surface area contributed by atoms with Crippen molar-refractivity contribution in [3.8, 4) is 5.75 Å². The van der Waals surface area contributed by atoms with Crippen LogP contribution in [0.5, 0.6) is 5.75 Å². The highest BCUT2D eigenvalue weighted by Crippen LogP contribution is 2.26. The third-order valence-corrected chi connectivity index (χ3v) is 4.79. The van der Waals surface area contributed by atoms with Gasteiger partial charge in [-0.25, -0.2) is 0 Å². The molecule has 0 radical (unpaired) electrons. The second-order valence-corrected chi connectivity index (χ2v) is 6.99. The number of methoxy groups -OCH3 is 1. The fourth-order valence-corrected chi connectivity index (χ4v) is 3.06. The molecule has 2 rings (SSSR count). The maximum atomic E-state index is 12.4. The highest BCUT2D eigenvalue weighted by atomic mass is 32.2. The molecule has 0 bridgehead atoms. The Morgan fingerprint density at radius 2 is 1.65 bits per heavy atom. The molecule has 3 nitrogen and oxygen atoms in total. The molecule has 1 amide bonds. The molecule has 122 valence electrons. The van der Waals surface area contributed by atoms with Gasteiger partial charge in [0.25, 0.3) is 0 Å². The normalized spacial score (nSPS) is 13.2. The van der Waals surface area contributed by atoms with Crippen molar-refractivity contribution in [2.45, 2.75) is 37.0 Å². The van der Waals surface area contributed by atoms with Gasteiger partial charge in [0.2, 0.25) is 5.91 Å². The summed E-state index contributed by atoms with van der Waals surface area (Å²) in [7, 11) is 1.64. The third-order valence-electron chi connectivity index (χ3n) is 3.68. The number of amides is 1. The Balaban J connectivity index is 1.92. The quantitative estimate of drug-likeness (QED) is 0.800. The highest BCUT2D eigenvalue weighted by molar-refractivity contribution is 8.00. The van der Waals surface area contributed by atoms with Crippen LogP contribution in [0.3, 0.4) is 0 Å². The Morgan fingerprint density at radius 3 is 2.22 bits per heavy atom.